The zero-order chi connectivity index (χ0) is 18.4. The van der Waals surface area contributed by atoms with Gasteiger partial charge in [-0.2, -0.15) is 0 Å². The van der Waals surface area contributed by atoms with Gasteiger partial charge in [-0.05, 0) is 0 Å². The zero-order valence-corrected chi connectivity index (χ0v) is 18.4. The van der Waals surface area contributed by atoms with Crippen LogP contribution in [-0.2, 0) is 23.2 Å². The molecule has 1 aromatic rings. The number of aryl methyl sites for hydroxylation is 1. The van der Waals surface area contributed by atoms with Gasteiger partial charge in [0.25, 0.3) is 0 Å². The molecule has 2 N–H and O–H groups in total. The van der Waals surface area contributed by atoms with Crippen LogP contribution in [0.25, 0.3) is 0 Å². The summed E-state index contributed by atoms with van der Waals surface area (Å²) >= 11 is 0.451. The van der Waals surface area contributed by atoms with Crippen LogP contribution in [0.2, 0.25) is 0 Å². The molecule has 0 aromatic heterocycles. The van der Waals surface area contributed by atoms with E-state index in [-0.39, 0.29) is 0 Å². The first-order valence-corrected chi connectivity index (χ1v) is 14.4. The number of amides is 1. The van der Waals surface area contributed by atoms with Crippen molar-refractivity contribution in [3.05, 3.63) is 35.9 Å². The number of halogens is 2. The number of carbonyl (C=O) groups excluding carboxylic acids is 1. The van der Waals surface area contributed by atoms with E-state index in [1.165, 1.54) is 4.31 Å². The van der Waals surface area contributed by atoms with Crippen LogP contribution in [0, 0.1) is 0 Å². The third kappa shape index (κ3) is 6.03. The minimum atomic E-state index is -3.45. The summed E-state index contributed by atoms with van der Waals surface area (Å²) in [5, 5.41) is 11.2. The molecule has 0 saturated carbocycles. The monoisotopic (exact) mass is 593 g/mol. The topological polar surface area (TPSA) is 104 Å². The Morgan fingerprint density at radius 1 is 1.36 bits per heavy atom. The van der Waals surface area contributed by atoms with Crippen molar-refractivity contribution in [2.75, 3.05) is 11.0 Å². The van der Waals surface area contributed by atoms with Gasteiger partial charge in [0.15, 0.2) is 0 Å². The van der Waals surface area contributed by atoms with Gasteiger partial charge >= 0.3 is 170 Å². The van der Waals surface area contributed by atoms with Crippen LogP contribution in [0.15, 0.2) is 30.3 Å². The Hall–Kier alpha value is -0.470. The maximum atomic E-state index is 12.6. The number of nitrogens with one attached hydrogen (secondary N) is 1. The van der Waals surface area contributed by atoms with Gasteiger partial charge in [-0.25, -0.2) is 0 Å². The van der Waals surface area contributed by atoms with Gasteiger partial charge in [0.1, 0.15) is 0 Å². The molecule has 7 nitrogen and oxygen atoms in total. The van der Waals surface area contributed by atoms with Gasteiger partial charge in [0, 0.05) is 0 Å². The molecule has 0 spiro atoms. The van der Waals surface area contributed by atoms with Crippen molar-refractivity contribution in [2.45, 2.75) is 29.4 Å². The average molecular weight is 593 g/mol. The normalized spacial score (nSPS) is 19.6. The van der Waals surface area contributed by atoms with Crippen molar-refractivity contribution in [1.82, 2.24) is 9.62 Å². The standard InChI is InChI=1S/C15H19I2N2O5S/c16-13(15(21)22)18-14(20)12-7-4-10-19(12)25(23,24)17-9-8-11-5-2-1-3-6-11/h1-3,5-6,12-13H,4,7-10H2,(H,18,20)(H,21,22)/q-1. The third-order valence-corrected chi connectivity index (χ3v) is 11.7. The van der Waals surface area contributed by atoms with Crippen LogP contribution in [0.1, 0.15) is 18.4 Å². The summed E-state index contributed by atoms with van der Waals surface area (Å²) < 4.78 is 26.1. The van der Waals surface area contributed by atoms with Gasteiger partial charge < -0.3 is 0 Å². The van der Waals surface area contributed by atoms with Gasteiger partial charge in [-0.1, -0.05) is 0 Å². The molecule has 1 saturated heterocycles. The molecule has 1 amide bonds. The molecule has 2 rings (SSSR count). The van der Waals surface area contributed by atoms with E-state index in [1.807, 2.05) is 30.3 Å². The molecule has 1 aliphatic rings. The first-order chi connectivity index (χ1) is 11.8. The second-order valence-corrected chi connectivity index (χ2v) is 14.5. The van der Waals surface area contributed by atoms with E-state index in [4.69, 9.17) is 5.11 Å². The first-order valence-electron chi connectivity index (χ1n) is 7.65. The van der Waals surface area contributed by atoms with E-state index in [9.17, 15) is 18.0 Å². The molecule has 25 heavy (non-hydrogen) atoms. The molecule has 10 heteroatoms. The quantitative estimate of drug-likeness (QED) is 0.157. The third-order valence-electron chi connectivity index (χ3n) is 3.71. The van der Waals surface area contributed by atoms with E-state index >= 15 is 0 Å². The van der Waals surface area contributed by atoms with Crippen LogP contribution in [0.3, 0.4) is 0 Å². The SMILES string of the molecule is O=C(O)C(I)NC(=O)C1CCCN1S(=O)(=O)[I-]CCc1ccccc1. The maximum absolute atomic E-state index is 12.6. The summed E-state index contributed by atoms with van der Waals surface area (Å²) in [6.45, 7) is 0.324. The van der Waals surface area contributed by atoms with Crippen molar-refractivity contribution < 1.29 is 42.9 Å². The number of carboxylic acid groups (broad SMARTS) is 1. The number of carboxylic acids is 1. The number of hydrogen-bond donors (Lipinski definition) is 2. The molecule has 0 bridgehead atoms. The fraction of sp³-hybridized carbons (Fsp3) is 0.467. The molecule has 1 aliphatic heterocycles. The van der Waals surface area contributed by atoms with Gasteiger partial charge in [0.2, 0.25) is 0 Å². The van der Waals surface area contributed by atoms with Crippen LogP contribution < -0.4 is 25.1 Å². The number of benzene rings is 1. The van der Waals surface area contributed by atoms with E-state index in [2.05, 4.69) is 5.32 Å². The van der Waals surface area contributed by atoms with Gasteiger partial charge in [-0.3, -0.25) is 0 Å². The number of nitrogens with zero attached hydrogens (tertiary/aromatic N) is 1. The second-order valence-electron chi connectivity index (χ2n) is 5.45. The van der Waals surface area contributed by atoms with Gasteiger partial charge in [0.05, 0.1) is 0 Å². The Kier molecular flexibility index (Phi) is 7.89. The molecule has 1 aromatic carbocycles. The molecule has 140 valence electrons. The van der Waals surface area contributed by atoms with E-state index in [0.29, 0.717) is 30.2 Å². The van der Waals surface area contributed by atoms with Crippen molar-refractivity contribution in [1.29, 1.82) is 0 Å². The predicted octanol–water partition coefficient (Wildman–Crippen LogP) is -2.01. The second kappa shape index (κ2) is 9.46. The van der Waals surface area contributed by atoms with E-state index in [0.717, 1.165) is 5.56 Å². The Morgan fingerprint density at radius 3 is 2.68 bits per heavy atom. The van der Waals surface area contributed by atoms with Crippen molar-refractivity contribution >= 4 is 41.7 Å². The van der Waals surface area contributed by atoms with Crippen LogP contribution in [0.5, 0.6) is 0 Å². The number of rotatable bonds is 8. The fourth-order valence-electron chi connectivity index (χ4n) is 2.50. The molecule has 2 unspecified atom stereocenters. The molecule has 1 heterocycles. The molecule has 1 fully saturated rings. The summed E-state index contributed by atoms with van der Waals surface area (Å²) in [6.07, 6.45) is 1.74. The zero-order valence-electron chi connectivity index (χ0n) is 13.3. The van der Waals surface area contributed by atoms with Gasteiger partial charge in [-0.15, -0.1) is 0 Å². The van der Waals surface area contributed by atoms with Crippen molar-refractivity contribution in [3.63, 3.8) is 0 Å². The average Bonchev–Trinajstić information content (AvgIpc) is 3.06. The number of aliphatic carboxylic acids is 1. The Morgan fingerprint density at radius 2 is 2.04 bits per heavy atom. The minimum absolute atomic E-state index is 0.324. The molecular formula is C15H19I2N2O5S-. The Balaban J connectivity index is 1.94. The Labute approximate surface area is 169 Å². The number of hydrogen-bond acceptors (Lipinski definition) is 4. The summed E-state index contributed by atoms with van der Waals surface area (Å²) in [5.74, 6) is -1.69. The van der Waals surface area contributed by atoms with Crippen molar-refractivity contribution in [3.8, 4) is 0 Å². The van der Waals surface area contributed by atoms with Crippen molar-refractivity contribution in [2.24, 2.45) is 0 Å². The summed E-state index contributed by atoms with van der Waals surface area (Å²) in [6, 6.07) is 8.90. The molecule has 0 aliphatic carbocycles. The number of alkyl halides is 2. The van der Waals surface area contributed by atoms with E-state index in [1.54, 1.807) is 22.6 Å². The predicted molar refractivity (Wildman–Crippen MR) is 97.2 cm³/mol. The fourth-order valence-corrected chi connectivity index (χ4v) is 9.50. The number of carbonyl (C=O) groups is 2. The van der Waals surface area contributed by atoms with Crippen LogP contribution >= 0.6 is 22.6 Å². The van der Waals surface area contributed by atoms with E-state index < -0.39 is 49.0 Å². The summed E-state index contributed by atoms with van der Waals surface area (Å²) in [7, 11) is -3.45. The van der Waals surface area contributed by atoms with Crippen LogP contribution in [0.4, 0.5) is 0 Å². The van der Waals surface area contributed by atoms with Crippen LogP contribution in [-0.4, -0.2) is 50.8 Å². The Bertz CT molecular complexity index is 714. The first kappa shape index (κ1) is 20.8. The molecule has 0 radical (unpaired) electrons. The summed E-state index contributed by atoms with van der Waals surface area (Å²) in [4.78, 5) is 23.1. The molecule has 2 atom stereocenters. The summed E-state index contributed by atoms with van der Waals surface area (Å²) in [5.41, 5.74) is 1.10. The molecular weight excluding hydrogens is 574 g/mol.